The van der Waals surface area contributed by atoms with Gasteiger partial charge in [0.2, 0.25) is 0 Å². The molecule has 0 aliphatic heterocycles. The normalized spacial score (nSPS) is 24.3. The fourth-order valence-electron chi connectivity index (χ4n) is 2.29. The molecule has 0 spiro atoms. The first-order chi connectivity index (χ1) is 8.16. The monoisotopic (exact) mass is 234 g/mol. The number of rotatable bonds is 3. The average Bonchev–Trinajstić information content (AvgIpc) is 2.32. The van der Waals surface area contributed by atoms with Crippen molar-refractivity contribution in [3.8, 4) is 0 Å². The van der Waals surface area contributed by atoms with Gasteiger partial charge in [-0.15, -0.1) is 0 Å². The highest BCUT2D eigenvalue weighted by Crippen LogP contribution is 2.26. The highest BCUT2D eigenvalue weighted by molar-refractivity contribution is 5.93. The maximum Gasteiger partial charge on any atom is 0.339 e. The molecular weight excluding hydrogens is 216 g/mol. The number of hydrogen-bond acceptors (Lipinski definition) is 3. The average molecular weight is 234 g/mol. The van der Waals surface area contributed by atoms with Crippen LogP contribution < -0.4 is 5.32 Å². The predicted molar refractivity (Wildman–Crippen MR) is 66.2 cm³/mol. The van der Waals surface area contributed by atoms with Gasteiger partial charge < -0.3 is 10.4 Å². The summed E-state index contributed by atoms with van der Waals surface area (Å²) in [7, 11) is 0. The van der Waals surface area contributed by atoms with Crippen molar-refractivity contribution in [3.63, 3.8) is 0 Å². The Hall–Kier alpha value is -1.58. The van der Waals surface area contributed by atoms with E-state index in [0.29, 0.717) is 11.9 Å². The van der Waals surface area contributed by atoms with Crippen LogP contribution in [0.15, 0.2) is 18.3 Å². The molecule has 2 rings (SSSR count). The molecule has 1 aliphatic carbocycles. The molecule has 1 aliphatic rings. The van der Waals surface area contributed by atoms with Gasteiger partial charge in [0.05, 0.1) is 0 Å². The summed E-state index contributed by atoms with van der Waals surface area (Å²) in [5.41, 5.74) is 0.256. The lowest BCUT2D eigenvalue weighted by molar-refractivity contribution is 0.0697. The SMILES string of the molecule is CC1CCC(Nc2ncccc2C(=O)O)CC1. The number of pyridine rings is 1. The zero-order chi connectivity index (χ0) is 12.3. The molecule has 0 radical (unpaired) electrons. The van der Waals surface area contributed by atoms with E-state index in [2.05, 4.69) is 17.2 Å². The van der Waals surface area contributed by atoms with Crippen LogP contribution in [0, 0.1) is 5.92 Å². The summed E-state index contributed by atoms with van der Waals surface area (Å²) in [6.07, 6.45) is 6.22. The van der Waals surface area contributed by atoms with Crippen molar-refractivity contribution in [2.45, 2.75) is 38.6 Å². The fraction of sp³-hybridized carbons (Fsp3) is 0.538. The number of nitrogens with zero attached hydrogens (tertiary/aromatic N) is 1. The Morgan fingerprint density at radius 1 is 1.41 bits per heavy atom. The molecule has 92 valence electrons. The number of carboxylic acid groups (broad SMARTS) is 1. The summed E-state index contributed by atoms with van der Waals surface area (Å²) in [6, 6.07) is 3.60. The van der Waals surface area contributed by atoms with E-state index in [9.17, 15) is 4.79 Å². The number of carboxylic acids is 1. The van der Waals surface area contributed by atoms with Gasteiger partial charge in [-0.25, -0.2) is 9.78 Å². The maximum atomic E-state index is 11.0. The molecule has 0 amide bonds. The lowest BCUT2D eigenvalue weighted by atomic mass is 9.87. The summed E-state index contributed by atoms with van der Waals surface area (Å²) < 4.78 is 0. The van der Waals surface area contributed by atoms with Crippen LogP contribution in [0.25, 0.3) is 0 Å². The summed E-state index contributed by atoms with van der Waals surface area (Å²) in [5, 5.41) is 12.3. The highest BCUT2D eigenvalue weighted by Gasteiger charge is 2.20. The molecule has 2 N–H and O–H groups in total. The summed E-state index contributed by atoms with van der Waals surface area (Å²) >= 11 is 0. The first kappa shape index (κ1) is 11.9. The van der Waals surface area contributed by atoms with Crippen LogP contribution in [0.3, 0.4) is 0 Å². The Labute approximate surface area is 101 Å². The minimum Gasteiger partial charge on any atom is -0.478 e. The minimum atomic E-state index is -0.926. The van der Waals surface area contributed by atoms with Gasteiger partial charge in [0, 0.05) is 12.2 Å². The number of anilines is 1. The van der Waals surface area contributed by atoms with Gasteiger partial charge in [0.25, 0.3) is 0 Å². The second-order valence-corrected chi connectivity index (χ2v) is 4.81. The van der Waals surface area contributed by atoms with Gasteiger partial charge in [0.1, 0.15) is 11.4 Å². The van der Waals surface area contributed by atoms with Crippen molar-refractivity contribution in [1.29, 1.82) is 0 Å². The standard InChI is InChI=1S/C13H18N2O2/c1-9-4-6-10(7-5-9)15-12-11(13(16)17)3-2-8-14-12/h2-3,8-10H,4-7H2,1H3,(H,14,15)(H,16,17). The van der Waals surface area contributed by atoms with Crippen molar-refractivity contribution in [1.82, 2.24) is 4.98 Å². The quantitative estimate of drug-likeness (QED) is 0.844. The second-order valence-electron chi connectivity index (χ2n) is 4.81. The predicted octanol–water partition coefficient (Wildman–Crippen LogP) is 2.77. The summed E-state index contributed by atoms with van der Waals surface area (Å²) in [5.74, 6) is 0.361. The molecule has 1 heterocycles. The van der Waals surface area contributed by atoms with Crippen LogP contribution in [0.2, 0.25) is 0 Å². The molecule has 1 saturated carbocycles. The molecule has 17 heavy (non-hydrogen) atoms. The Bertz CT molecular complexity index is 398. The molecular formula is C13H18N2O2. The lowest BCUT2D eigenvalue weighted by Gasteiger charge is -2.27. The third kappa shape index (κ3) is 2.96. The van der Waals surface area contributed by atoms with Gasteiger partial charge in [0.15, 0.2) is 0 Å². The van der Waals surface area contributed by atoms with Gasteiger partial charge in [-0.05, 0) is 43.7 Å². The fourth-order valence-corrected chi connectivity index (χ4v) is 2.29. The number of nitrogens with one attached hydrogen (secondary N) is 1. The van der Waals surface area contributed by atoms with E-state index < -0.39 is 5.97 Å². The van der Waals surface area contributed by atoms with Crippen LogP contribution in [0.4, 0.5) is 5.82 Å². The van der Waals surface area contributed by atoms with Gasteiger partial charge >= 0.3 is 5.97 Å². The van der Waals surface area contributed by atoms with E-state index >= 15 is 0 Å². The van der Waals surface area contributed by atoms with Crippen LogP contribution >= 0.6 is 0 Å². The second kappa shape index (κ2) is 5.17. The number of aromatic nitrogens is 1. The Morgan fingerprint density at radius 2 is 2.12 bits per heavy atom. The zero-order valence-electron chi connectivity index (χ0n) is 10.0. The molecule has 4 nitrogen and oxygen atoms in total. The third-order valence-electron chi connectivity index (χ3n) is 3.39. The van der Waals surface area contributed by atoms with Crippen LogP contribution in [0.5, 0.6) is 0 Å². The Kier molecular flexibility index (Phi) is 3.61. The first-order valence-corrected chi connectivity index (χ1v) is 6.11. The highest BCUT2D eigenvalue weighted by atomic mass is 16.4. The van der Waals surface area contributed by atoms with Gasteiger partial charge in [-0.2, -0.15) is 0 Å². The van der Waals surface area contributed by atoms with E-state index in [1.54, 1.807) is 18.3 Å². The lowest BCUT2D eigenvalue weighted by Crippen LogP contribution is -2.26. The number of aromatic carboxylic acids is 1. The zero-order valence-corrected chi connectivity index (χ0v) is 10.0. The van der Waals surface area contributed by atoms with Crippen molar-refractivity contribution in [2.75, 3.05) is 5.32 Å². The van der Waals surface area contributed by atoms with Crippen LogP contribution in [-0.4, -0.2) is 22.1 Å². The molecule has 0 bridgehead atoms. The van der Waals surface area contributed by atoms with Crippen LogP contribution in [-0.2, 0) is 0 Å². The Balaban J connectivity index is 2.05. The first-order valence-electron chi connectivity index (χ1n) is 6.11. The van der Waals surface area contributed by atoms with Crippen molar-refractivity contribution in [3.05, 3.63) is 23.9 Å². The van der Waals surface area contributed by atoms with Gasteiger partial charge in [-0.1, -0.05) is 6.92 Å². The van der Waals surface area contributed by atoms with Crippen molar-refractivity contribution < 1.29 is 9.90 Å². The number of hydrogen-bond donors (Lipinski definition) is 2. The van der Waals surface area contributed by atoms with E-state index in [-0.39, 0.29) is 5.56 Å². The third-order valence-corrected chi connectivity index (χ3v) is 3.39. The molecule has 4 heteroatoms. The van der Waals surface area contributed by atoms with Gasteiger partial charge in [-0.3, -0.25) is 0 Å². The summed E-state index contributed by atoms with van der Waals surface area (Å²) in [6.45, 7) is 2.26. The summed E-state index contributed by atoms with van der Waals surface area (Å²) in [4.78, 5) is 15.2. The topological polar surface area (TPSA) is 62.2 Å². The van der Waals surface area contributed by atoms with E-state index in [1.807, 2.05) is 0 Å². The number of carbonyl (C=O) groups is 1. The largest absolute Gasteiger partial charge is 0.478 e. The van der Waals surface area contributed by atoms with E-state index in [4.69, 9.17) is 5.11 Å². The van der Waals surface area contributed by atoms with Crippen LogP contribution in [0.1, 0.15) is 43.0 Å². The van der Waals surface area contributed by atoms with E-state index in [1.165, 1.54) is 12.8 Å². The van der Waals surface area contributed by atoms with E-state index in [0.717, 1.165) is 18.8 Å². The minimum absolute atomic E-state index is 0.256. The Morgan fingerprint density at radius 3 is 2.76 bits per heavy atom. The molecule has 0 saturated heterocycles. The maximum absolute atomic E-state index is 11.0. The van der Waals surface area contributed by atoms with Crippen molar-refractivity contribution in [2.24, 2.45) is 5.92 Å². The smallest absolute Gasteiger partial charge is 0.339 e. The molecule has 0 unspecified atom stereocenters. The molecule has 0 atom stereocenters. The molecule has 0 aromatic carbocycles. The van der Waals surface area contributed by atoms with Crippen molar-refractivity contribution >= 4 is 11.8 Å². The molecule has 1 aromatic heterocycles. The molecule has 1 aromatic rings. The molecule has 1 fully saturated rings.